The molecule has 0 saturated carbocycles. The molecule has 5 nitrogen and oxygen atoms in total. The zero-order valence-electron chi connectivity index (χ0n) is 13.2. The molecule has 1 unspecified atom stereocenters. The Kier molecular flexibility index (Phi) is 5.00. The summed E-state index contributed by atoms with van der Waals surface area (Å²) in [5.41, 5.74) is 2.24. The first-order valence-electron chi connectivity index (χ1n) is 7.90. The van der Waals surface area contributed by atoms with E-state index in [4.69, 9.17) is 4.74 Å². The monoisotopic (exact) mass is 318 g/mol. The molecule has 2 aromatic heterocycles. The summed E-state index contributed by atoms with van der Waals surface area (Å²) < 4.78 is 5.96. The fourth-order valence-electron chi connectivity index (χ4n) is 2.60. The molecule has 0 N–H and O–H groups in total. The second kappa shape index (κ2) is 7.15. The molecule has 0 aliphatic carbocycles. The maximum atomic E-state index is 5.96. The zero-order chi connectivity index (χ0) is 15.4. The van der Waals surface area contributed by atoms with Gasteiger partial charge in [0.1, 0.15) is 5.01 Å². The average Bonchev–Trinajstić information content (AvgIpc) is 3.23. The molecule has 0 amide bonds. The van der Waals surface area contributed by atoms with E-state index < -0.39 is 0 Å². The molecule has 1 aliphatic rings. The number of aromatic nitrogens is 3. The van der Waals surface area contributed by atoms with E-state index >= 15 is 0 Å². The van der Waals surface area contributed by atoms with Crippen molar-refractivity contribution in [2.75, 3.05) is 18.0 Å². The molecule has 118 valence electrons. The number of anilines is 1. The first-order chi connectivity index (χ1) is 10.8. The minimum atomic E-state index is 0.239. The lowest BCUT2D eigenvalue weighted by Gasteiger charge is -2.18. The number of hydrogen-bond acceptors (Lipinski definition) is 6. The van der Waals surface area contributed by atoms with Crippen LogP contribution >= 0.6 is 11.3 Å². The topological polar surface area (TPSA) is 51.1 Å². The van der Waals surface area contributed by atoms with Crippen LogP contribution in [0.5, 0.6) is 0 Å². The Morgan fingerprint density at radius 1 is 1.27 bits per heavy atom. The Morgan fingerprint density at radius 3 is 2.68 bits per heavy atom. The lowest BCUT2D eigenvalue weighted by atomic mass is 10.2. The van der Waals surface area contributed by atoms with E-state index in [2.05, 4.69) is 39.8 Å². The van der Waals surface area contributed by atoms with E-state index in [9.17, 15) is 0 Å². The quantitative estimate of drug-likeness (QED) is 0.820. The molecular weight excluding hydrogens is 296 g/mol. The van der Waals surface area contributed by atoms with Crippen LogP contribution in [0.3, 0.4) is 0 Å². The zero-order valence-corrected chi connectivity index (χ0v) is 14.0. The number of ether oxygens (including phenoxy) is 1. The molecule has 1 fully saturated rings. The van der Waals surface area contributed by atoms with Crippen LogP contribution in [0.1, 0.15) is 36.7 Å². The summed E-state index contributed by atoms with van der Waals surface area (Å²) in [6.07, 6.45) is 4.97. The largest absolute Gasteiger partial charge is 0.369 e. The highest BCUT2D eigenvalue weighted by Crippen LogP contribution is 2.21. The van der Waals surface area contributed by atoms with E-state index in [0.29, 0.717) is 6.61 Å². The molecule has 6 heteroatoms. The van der Waals surface area contributed by atoms with Crippen molar-refractivity contribution in [3.63, 3.8) is 0 Å². The SMILES string of the molecule is CCc1cc(CC)nc(N2CCC(OCc3nccs3)C2)n1. The third-order valence-electron chi connectivity index (χ3n) is 3.90. The maximum Gasteiger partial charge on any atom is 0.225 e. The van der Waals surface area contributed by atoms with Gasteiger partial charge >= 0.3 is 0 Å². The molecular formula is C16H22N4OS. The summed E-state index contributed by atoms with van der Waals surface area (Å²) >= 11 is 1.64. The summed E-state index contributed by atoms with van der Waals surface area (Å²) in [6, 6.07) is 2.11. The third-order valence-corrected chi connectivity index (χ3v) is 4.65. The molecule has 0 spiro atoms. The molecule has 1 saturated heterocycles. The van der Waals surface area contributed by atoms with Crippen LogP contribution in [0.4, 0.5) is 5.95 Å². The smallest absolute Gasteiger partial charge is 0.225 e. The van der Waals surface area contributed by atoms with Crippen molar-refractivity contribution in [1.29, 1.82) is 0 Å². The Hall–Kier alpha value is -1.53. The number of hydrogen-bond donors (Lipinski definition) is 0. The van der Waals surface area contributed by atoms with Gasteiger partial charge in [0.05, 0.1) is 12.7 Å². The van der Waals surface area contributed by atoms with E-state index in [0.717, 1.165) is 54.7 Å². The van der Waals surface area contributed by atoms with Gasteiger partial charge in [-0.1, -0.05) is 13.8 Å². The molecule has 3 heterocycles. The minimum absolute atomic E-state index is 0.239. The van der Waals surface area contributed by atoms with Crippen LogP contribution < -0.4 is 4.90 Å². The first-order valence-corrected chi connectivity index (χ1v) is 8.78. The summed E-state index contributed by atoms with van der Waals surface area (Å²) in [4.78, 5) is 15.8. The number of rotatable bonds is 6. The Morgan fingerprint density at radius 2 is 2.05 bits per heavy atom. The van der Waals surface area contributed by atoms with Gasteiger partial charge in [-0.2, -0.15) is 0 Å². The van der Waals surface area contributed by atoms with Crippen molar-refractivity contribution in [3.8, 4) is 0 Å². The molecule has 0 bridgehead atoms. The Labute approximate surface area is 135 Å². The van der Waals surface area contributed by atoms with Gasteiger partial charge in [-0.25, -0.2) is 15.0 Å². The van der Waals surface area contributed by atoms with Crippen LogP contribution in [0.15, 0.2) is 17.6 Å². The fourth-order valence-corrected chi connectivity index (χ4v) is 3.14. The molecule has 22 heavy (non-hydrogen) atoms. The fraction of sp³-hybridized carbons (Fsp3) is 0.562. The van der Waals surface area contributed by atoms with E-state index in [1.807, 2.05) is 11.6 Å². The number of thiazole rings is 1. The third kappa shape index (κ3) is 3.62. The van der Waals surface area contributed by atoms with Gasteiger partial charge in [0, 0.05) is 36.1 Å². The number of nitrogens with zero attached hydrogens (tertiary/aromatic N) is 4. The van der Waals surface area contributed by atoms with E-state index in [-0.39, 0.29) is 6.10 Å². The van der Waals surface area contributed by atoms with Crippen LogP contribution in [0.2, 0.25) is 0 Å². The number of aryl methyl sites for hydroxylation is 2. The normalized spacial score (nSPS) is 18.1. The summed E-state index contributed by atoms with van der Waals surface area (Å²) in [5.74, 6) is 0.858. The predicted octanol–water partition coefficient (Wildman–Crippen LogP) is 2.85. The van der Waals surface area contributed by atoms with Gasteiger partial charge in [-0.15, -0.1) is 11.3 Å². The van der Waals surface area contributed by atoms with Gasteiger partial charge in [0.2, 0.25) is 5.95 Å². The first kappa shape index (κ1) is 15.4. The molecule has 3 rings (SSSR count). The lowest BCUT2D eigenvalue weighted by molar-refractivity contribution is 0.0552. The van der Waals surface area contributed by atoms with Crippen LogP contribution in [0.25, 0.3) is 0 Å². The highest BCUT2D eigenvalue weighted by molar-refractivity contribution is 7.09. The van der Waals surface area contributed by atoms with Gasteiger partial charge in [0.15, 0.2) is 0 Å². The van der Waals surface area contributed by atoms with Crippen molar-refractivity contribution in [2.24, 2.45) is 0 Å². The van der Waals surface area contributed by atoms with E-state index in [1.54, 1.807) is 11.3 Å². The second-order valence-corrected chi connectivity index (χ2v) is 6.43. The van der Waals surface area contributed by atoms with Crippen LogP contribution in [-0.4, -0.2) is 34.1 Å². The van der Waals surface area contributed by atoms with Crippen molar-refractivity contribution in [3.05, 3.63) is 34.0 Å². The van der Waals surface area contributed by atoms with Crippen molar-refractivity contribution >= 4 is 17.3 Å². The molecule has 0 aromatic carbocycles. The standard InChI is InChI=1S/C16H22N4OS/c1-3-12-9-13(4-2)19-16(18-12)20-7-5-14(10-20)21-11-15-17-6-8-22-15/h6,8-9,14H,3-5,7,10-11H2,1-2H3. The maximum absolute atomic E-state index is 5.96. The van der Waals surface area contributed by atoms with Gasteiger partial charge in [0.25, 0.3) is 0 Å². The second-order valence-electron chi connectivity index (χ2n) is 5.45. The Bertz CT molecular complexity index is 580. The molecule has 1 atom stereocenters. The average molecular weight is 318 g/mol. The van der Waals surface area contributed by atoms with Gasteiger partial charge < -0.3 is 9.64 Å². The predicted molar refractivity (Wildman–Crippen MR) is 88.3 cm³/mol. The summed E-state index contributed by atoms with van der Waals surface area (Å²) in [6.45, 7) is 6.69. The van der Waals surface area contributed by atoms with Crippen LogP contribution in [0, 0.1) is 0 Å². The minimum Gasteiger partial charge on any atom is -0.369 e. The van der Waals surface area contributed by atoms with Crippen molar-refractivity contribution in [1.82, 2.24) is 15.0 Å². The highest BCUT2D eigenvalue weighted by Gasteiger charge is 2.25. The van der Waals surface area contributed by atoms with Gasteiger partial charge in [-0.3, -0.25) is 0 Å². The highest BCUT2D eigenvalue weighted by atomic mass is 32.1. The van der Waals surface area contributed by atoms with Crippen LogP contribution in [-0.2, 0) is 24.2 Å². The Balaban J connectivity index is 1.62. The summed E-state index contributed by atoms with van der Waals surface area (Å²) in [7, 11) is 0. The molecule has 1 aliphatic heterocycles. The summed E-state index contributed by atoms with van der Waals surface area (Å²) in [5, 5.41) is 3.02. The van der Waals surface area contributed by atoms with Crippen molar-refractivity contribution < 1.29 is 4.74 Å². The van der Waals surface area contributed by atoms with Gasteiger partial charge in [-0.05, 0) is 25.3 Å². The van der Waals surface area contributed by atoms with Crippen molar-refractivity contribution in [2.45, 2.75) is 45.8 Å². The van der Waals surface area contributed by atoms with E-state index in [1.165, 1.54) is 0 Å². The molecule has 2 aromatic rings. The molecule has 0 radical (unpaired) electrons. The lowest BCUT2D eigenvalue weighted by Crippen LogP contribution is -2.25.